The summed E-state index contributed by atoms with van der Waals surface area (Å²) in [7, 11) is 0. The van der Waals surface area contributed by atoms with Gasteiger partial charge >= 0.3 is 6.18 Å². The lowest BCUT2D eigenvalue weighted by molar-refractivity contribution is -0.139. The maximum Gasteiger partial charge on any atom is 0.423 e. The molecular weight excluding hydrogens is 399 g/mol. The van der Waals surface area contributed by atoms with Crippen molar-refractivity contribution in [3.63, 3.8) is 0 Å². The molecule has 4 nitrogen and oxygen atoms in total. The van der Waals surface area contributed by atoms with Gasteiger partial charge in [0.05, 0.1) is 0 Å². The fourth-order valence-corrected chi connectivity index (χ4v) is 2.23. The number of halogens is 4. The van der Waals surface area contributed by atoms with E-state index < -0.39 is 17.6 Å². The molecule has 0 radical (unpaired) electrons. The van der Waals surface area contributed by atoms with Gasteiger partial charge in [-0.05, 0) is 36.4 Å². The van der Waals surface area contributed by atoms with E-state index >= 15 is 0 Å². The largest absolute Gasteiger partial charge is 0.438 e. The zero-order chi connectivity index (χ0) is 17.9. The van der Waals surface area contributed by atoms with Crippen molar-refractivity contribution in [3.8, 4) is 11.6 Å². The first-order valence-electron chi connectivity index (χ1n) is 7.11. The summed E-state index contributed by atoms with van der Waals surface area (Å²) in [5.74, 6) is -0.309. The molecule has 0 aliphatic heterocycles. The van der Waals surface area contributed by atoms with E-state index in [0.717, 1.165) is 4.47 Å². The van der Waals surface area contributed by atoms with E-state index in [4.69, 9.17) is 4.74 Å². The number of aromatic nitrogens is 2. The number of nitrogens with zero attached hydrogens (tertiary/aromatic N) is 2. The van der Waals surface area contributed by atoms with Crippen molar-refractivity contribution in [2.45, 2.75) is 6.18 Å². The Bertz CT molecular complexity index is 855. The molecule has 3 rings (SSSR count). The highest BCUT2D eigenvalue weighted by Crippen LogP contribution is 2.37. The maximum atomic E-state index is 13.2. The highest BCUT2D eigenvalue weighted by Gasteiger charge is 2.36. The Hall–Kier alpha value is -2.61. The predicted octanol–water partition coefficient (Wildman–Crippen LogP) is 5.79. The molecule has 1 N–H and O–H groups in total. The number of alkyl halides is 3. The van der Waals surface area contributed by atoms with Gasteiger partial charge in [0.15, 0.2) is 0 Å². The monoisotopic (exact) mass is 409 g/mol. The minimum Gasteiger partial charge on any atom is -0.438 e. The lowest BCUT2D eigenvalue weighted by atomic mass is 10.3. The topological polar surface area (TPSA) is 47.0 Å². The first-order valence-corrected chi connectivity index (χ1v) is 7.91. The van der Waals surface area contributed by atoms with Gasteiger partial charge in [0, 0.05) is 16.4 Å². The predicted molar refractivity (Wildman–Crippen MR) is 91.0 cm³/mol. The van der Waals surface area contributed by atoms with E-state index in [-0.39, 0.29) is 11.7 Å². The summed E-state index contributed by atoms with van der Waals surface area (Å²) in [5.41, 5.74) is -0.411. The molecular formula is C17H11BrF3N3O. The third kappa shape index (κ3) is 4.48. The molecule has 1 heterocycles. The van der Waals surface area contributed by atoms with Crippen LogP contribution in [0.3, 0.4) is 0 Å². The second kappa shape index (κ2) is 7.10. The molecule has 25 heavy (non-hydrogen) atoms. The molecule has 0 unspecified atom stereocenters. The minimum atomic E-state index is -4.62. The van der Waals surface area contributed by atoms with E-state index in [9.17, 15) is 13.2 Å². The van der Waals surface area contributed by atoms with Crippen LogP contribution in [0.15, 0.2) is 65.3 Å². The maximum absolute atomic E-state index is 13.2. The van der Waals surface area contributed by atoms with Crippen molar-refractivity contribution >= 4 is 27.6 Å². The molecule has 0 bridgehead atoms. The Kier molecular flexibility index (Phi) is 4.89. The molecule has 0 amide bonds. The zero-order valence-electron chi connectivity index (χ0n) is 12.6. The Morgan fingerprint density at radius 1 is 0.960 bits per heavy atom. The van der Waals surface area contributed by atoms with Crippen molar-refractivity contribution in [1.29, 1.82) is 0 Å². The number of benzene rings is 2. The molecule has 0 aliphatic carbocycles. The van der Waals surface area contributed by atoms with Crippen molar-refractivity contribution in [3.05, 3.63) is 70.8 Å². The van der Waals surface area contributed by atoms with E-state index in [1.165, 1.54) is 0 Å². The Morgan fingerprint density at radius 3 is 2.28 bits per heavy atom. The van der Waals surface area contributed by atoms with Gasteiger partial charge < -0.3 is 10.1 Å². The Balaban J connectivity index is 1.93. The number of hydrogen-bond acceptors (Lipinski definition) is 4. The average molecular weight is 410 g/mol. The number of ether oxygens (including phenoxy) is 1. The van der Waals surface area contributed by atoms with Crippen molar-refractivity contribution in [2.75, 3.05) is 5.32 Å². The normalized spacial score (nSPS) is 11.2. The summed E-state index contributed by atoms with van der Waals surface area (Å²) >= 11 is 3.31. The van der Waals surface area contributed by atoms with Crippen LogP contribution in [0, 0.1) is 0 Å². The van der Waals surface area contributed by atoms with Crippen LogP contribution in [0.4, 0.5) is 24.8 Å². The van der Waals surface area contributed by atoms with E-state index in [1.54, 1.807) is 54.6 Å². The van der Waals surface area contributed by atoms with Crippen molar-refractivity contribution in [1.82, 2.24) is 9.97 Å². The number of rotatable bonds is 4. The van der Waals surface area contributed by atoms with Crippen molar-refractivity contribution in [2.24, 2.45) is 0 Å². The number of nitrogens with one attached hydrogen (secondary N) is 1. The van der Waals surface area contributed by atoms with Gasteiger partial charge in [-0.3, -0.25) is 0 Å². The molecule has 0 spiro atoms. The summed E-state index contributed by atoms with van der Waals surface area (Å²) in [5, 5.41) is 2.85. The molecule has 0 saturated carbocycles. The molecule has 3 aromatic rings. The van der Waals surface area contributed by atoms with Crippen LogP contribution in [-0.2, 0) is 6.18 Å². The third-order valence-electron chi connectivity index (χ3n) is 3.12. The fourth-order valence-electron chi connectivity index (χ4n) is 1.96. The molecule has 0 atom stereocenters. The summed E-state index contributed by atoms with van der Waals surface area (Å²) in [6, 6.07) is 15.2. The van der Waals surface area contributed by atoms with Gasteiger partial charge in [-0.25, -0.2) is 4.98 Å². The number of anilines is 2. The van der Waals surface area contributed by atoms with Crippen LogP contribution in [0.25, 0.3) is 0 Å². The van der Waals surface area contributed by atoms with Crippen molar-refractivity contribution < 1.29 is 17.9 Å². The number of hydrogen-bond donors (Lipinski definition) is 1. The summed E-state index contributed by atoms with van der Waals surface area (Å²) in [6.45, 7) is 0. The van der Waals surface area contributed by atoms with Gasteiger partial charge in [-0.1, -0.05) is 34.1 Å². The molecule has 1 aromatic heterocycles. The standard InChI is InChI=1S/C17H11BrF3N3O/c18-11-6-8-12(9-7-11)23-16-22-10-14(17(19,20)21)15(24-16)25-13-4-2-1-3-5-13/h1-10H,(H,22,23,24). The quantitative estimate of drug-likeness (QED) is 0.591. The lowest BCUT2D eigenvalue weighted by Crippen LogP contribution is -2.10. The molecule has 0 aliphatic rings. The first kappa shape index (κ1) is 17.2. The Morgan fingerprint density at radius 2 is 1.64 bits per heavy atom. The molecule has 0 fully saturated rings. The summed E-state index contributed by atoms with van der Waals surface area (Å²) in [4.78, 5) is 7.61. The van der Waals surface area contributed by atoms with Crippen LogP contribution in [-0.4, -0.2) is 9.97 Å². The average Bonchev–Trinajstić information content (AvgIpc) is 2.57. The van der Waals surface area contributed by atoms with Crippen LogP contribution in [0.1, 0.15) is 5.56 Å². The smallest absolute Gasteiger partial charge is 0.423 e. The van der Waals surface area contributed by atoms with Gasteiger partial charge in [0.25, 0.3) is 0 Å². The first-order chi connectivity index (χ1) is 11.9. The molecule has 8 heteroatoms. The van der Waals surface area contributed by atoms with E-state index in [1.807, 2.05) is 0 Å². The van der Waals surface area contributed by atoms with Crippen LogP contribution >= 0.6 is 15.9 Å². The summed E-state index contributed by atoms with van der Waals surface area (Å²) < 4.78 is 45.7. The van der Waals surface area contributed by atoms with Crippen LogP contribution < -0.4 is 10.1 Å². The van der Waals surface area contributed by atoms with Crippen LogP contribution in [0.5, 0.6) is 11.6 Å². The van der Waals surface area contributed by atoms with Crippen LogP contribution in [0.2, 0.25) is 0 Å². The minimum absolute atomic E-state index is 0.00116. The van der Waals surface area contributed by atoms with E-state index in [0.29, 0.717) is 11.9 Å². The zero-order valence-corrected chi connectivity index (χ0v) is 14.2. The van der Waals surface area contributed by atoms with Gasteiger partial charge in [0.1, 0.15) is 11.3 Å². The molecule has 2 aromatic carbocycles. The fraction of sp³-hybridized carbons (Fsp3) is 0.0588. The SMILES string of the molecule is FC(F)(F)c1cnc(Nc2ccc(Br)cc2)nc1Oc1ccccc1. The number of para-hydroxylation sites is 1. The summed E-state index contributed by atoms with van der Waals surface area (Å²) in [6.07, 6.45) is -3.92. The molecule has 128 valence electrons. The van der Waals surface area contributed by atoms with Gasteiger partial charge in [-0.2, -0.15) is 18.2 Å². The lowest BCUT2D eigenvalue weighted by Gasteiger charge is -2.14. The van der Waals surface area contributed by atoms with E-state index in [2.05, 4.69) is 31.2 Å². The highest BCUT2D eigenvalue weighted by atomic mass is 79.9. The Labute approximate surface area is 149 Å². The second-order valence-corrected chi connectivity index (χ2v) is 5.87. The third-order valence-corrected chi connectivity index (χ3v) is 3.65. The van der Waals surface area contributed by atoms with Gasteiger partial charge in [-0.15, -0.1) is 0 Å². The highest BCUT2D eigenvalue weighted by molar-refractivity contribution is 9.10. The van der Waals surface area contributed by atoms with Gasteiger partial charge in [0.2, 0.25) is 11.8 Å². The molecule has 0 saturated heterocycles. The second-order valence-electron chi connectivity index (χ2n) is 4.96.